The molecule has 0 fully saturated rings. The Hall–Kier alpha value is -0.290. The van der Waals surface area contributed by atoms with E-state index in [-0.39, 0.29) is 29.0 Å². The highest BCUT2D eigenvalue weighted by Gasteiger charge is 2.28. The Morgan fingerprint density at radius 3 is 2.68 bits per heavy atom. The zero-order valence-electron chi connectivity index (χ0n) is 9.95. The molecule has 0 aliphatic rings. The maximum atomic E-state index is 11.9. The van der Waals surface area contributed by atoms with Gasteiger partial charge in [-0.2, -0.15) is 13.2 Å². The van der Waals surface area contributed by atoms with Crippen LogP contribution in [0.1, 0.15) is 4.88 Å². The van der Waals surface area contributed by atoms with Crippen molar-refractivity contribution >= 4 is 33.1 Å². The van der Waals surface area contributed by atoms with Crippen molar-refractivity contribution in [2.45, 2.75) is 16.9 Å². The first-order chi connectivity index (χ1) is 8.76. The molecule has 0 radical (unpaired) electrons. The lowest BCUT2D eigenvalue weighted by molar-refractivity contribution is -0.0327. The van der Waals surface area contributed by atoms with Gasteiger partial charge in [0.05, 0.1) is 4.90 Å². The fourth-order valence-corrected chi connectivity index (χ4v) is 4.33. The molecule has 19 heavy (non-hydrogen) atoms. The zero-order valence-corrected chi connectivity index (χ0v) is 12.4. The van der Waals surface area contributed by atoms with Crippen LogP contribution in [0.3, 0.4) is 0 Å². The van der Waals surface area contributed by atoms with Crippen molar-refractivity contribution in [3.05, 3.63) is 16.3 Å². The van der Waals surface area contributed by atoms with Crippen molar-refractivity contribution in [1.82, 2.24) is 10.0 Å². The molecule has 1 aromatic rings. The summed E-state index contributed by atoms with van der Waals surface area (Å²) in [5, 5.41) is 4.47. The third-order valence-electron chi connectivity index (χ3n) is 1.99. The average molecular weight is 334 g/mol. The summed E-state index contributed by atoms with van der Waals surface area (Å²) in [4.78, 5) is 0.738. The van der Waals surface area contributed by atoms with E-state index in [0.717, 1.165) is 0 Å². The summed E-state index contributed by atoms with van der Waals surface area (Å²) in [5.41, 5.74) is -4.34. The fourth-order valence-electron chi connectivity index (χ4n) is 1.28. The summed E-state index contributed by atoms with van der Waals surface area (Å²) >= 11 is 1.03. The molecule has 10 heteroatoms. The summed E-state index contributed by atoms with van der Waals surface area (Å²) in [5.74, 6) is -0.353. The Morgan fingerprint density at radius 1 is 1.42 bits per heavy atom. The minimum absolute atomic E-state index is 0.115. The minimum atomic E-state index is -4.34. The van der Waals surface area contributed by atoms with Crippen LogP contribution in [0.15, 0.2) is 16.3 Å². The van der Waals surface area contributed by atoms with Crippen LogP contribution in [0.5, 0.6) is 0 Å². The highest BCUT2D eigenvalue weighted by molar-refractivity contribution is 8.00. The molecule has 0 aliphatic heterocycles. The van der Waals surface area contributed by atoms with Crippen molar-refractivity contribution < 1.29 is 21.6 Å². The molecule has 0 aliphatic carbocycles. The topological polar surface area (TPSA) is 58.2 Å². The van der Waals surface area contributed by atoms with Gasteiger partial charge in [0, 0.05) is 23.7 Å². The molecule has 2 N–H and O–H groups in total. The van der Waals surface area contributed by atoms with Crippen molar-refractivity contribution in [2.24, 2.45) is 0 Å². The summed E-state index contributed by atoms with van der Waals surface area (Å²) in [6, 6.07) is 1.44. The van der Waals surface area contributed by atoms with Crippen LogP contribution >= 0.6 is 23.1 Å². The molecule has 0 bridgehead atoms. The largest absolute Gasteiger partial charge is 0.441 e. The molecule has 110 valence electrons. The quantitative estimate of drug-likeness (QED) is 0.749. The molecule has 0 atom stereocenters. The van der Waals surface area contributed by atoms with Crippen LogP contribution in [0.25, 0.3) is 0 Å². The van der Waals surface area contributed by atoms with E-state index >= 15 is 0 Å². The van der Waals surface area contributed by atoms with Crippen LogP contribution in [0.2, 0.25) is 0 Å². The van der Waals surface area contributed by atoms with Gasteiger partial charge in [0.2, 0.25) is 10.0 Å². The van der Waals surface area contributed by atoms with Crippen molar-refractivity contribution in [2.75, 3.05) is 19.3 Å². The second-order valence-corrected chi connectivity index (χ2v) is 7.33. The maximum absolute atomic E-state index is 11.9. The Kier molecular flexibility index (Phi) is 6.12. The molecule has 0 saturated heterocycles. The molecule has 1 heterocycles. The highest BCUT2D eigenvalue weighted by Crippen LogP contribution is 2.29. The van der Waals surface area contributed by atoms with Gasteiger partial charge in [-0.1, -0.05) is 0 Å². The molecule has 0 amide bonds. The van der Waals surface area contributed by atoms with Crippen LogP contribution in [0, 0.1) is 0 Å². The second-order valence-electron chi connectivity index (χ2n) is 3.43. The van der Waals surface area contributed by atoms with E-state index in [4.69, 9.17) is 0 Å². The minimum Gasteiger partial charge on any atom is -0.315 e. The van der Waals surface area contributed by atoms with Gasteiger partial charge in [-0.05, 0) is 30.3 Å². The van der Waals surface area contributed by atoms with Gasteiger partial charge in [0.25, 0.3) is 0 Å². The molecule has 0 aromatic carbocycles. The number of sulfonamides is 1. The first-order valence-electron chi connectivity index (χ1n) is 5.17. The summed E-state index contributed by atoms with van der Waals surface area (Å²) in [6.45, 7) is 0.132. The fraction of sp³-hybridized carbons (Fsp3) is 0.556. The van der Waals surface area contributed by atoms with Crippen LogP contribution in [0.4, 0.5) is 13.2 Å². The molecule has 0 unspecified atom stereocenters. The molecular weight excluding hydrogens is 321 g/mol. The number of nitrogens with one attached hydrogen (secondary N) is 2. The normalized spacial score (nSPS) is 12.8. The number of thiophene rings is 1. The smallest absolute Gasteiger partial charge is 0.315 e. The van der Waals surface area contributed by atoms with E-state index in [1.54, 1.807) is 12.4 Å². The second kappa shape index (κ2) is 6.93. The maximum Gasteiger partial charge on any atom is 0.441 e. The monoisotopic (exact) mass is 334 g/mol. The Morgan fingerprint density at radius 2 is 2.11 bits per heavy atom. The standard InChI is InChI=1S/C9H13F3N2O2S3/c1-13-6-7-8(2-4-17-7)19(15,16)14-3-5-18-9(10,11)12/h2,4,13-14H,3,5-6H2,1H3. The number of hydrogen-bond acceptors (Lipinski definition) is 5. The van der Waals surface area contributed by atoms with Crippen LogP contribution < -0.4 is 10.0 Å². The first-order valence-corrected chi connectivity index (χ1v) is 8.52. The summed E-state index contributed by atoms with van der Waals surface area (Å²) < 4.78 is 61.6. The Balaban J connectivity index is 2.58. The third kappa shape index (κ3) is 5.69. The number of thioether (sulfide) groups is 1. The van der Waals surface area contributed by atoms with Crippen molar-refractivity contribution in [1.29, 1.82) is 0 Å². The number of halogens is 3. The lowest BCUT2D eigenvalue weighted by Crippen LogP contribution is -2.27. The average Bonchev–Trinajstić information content (AvgIpc) is 2.73. The van der Waals surface area contributed by atoms with E-state index in [1.165, 1.54) is 17.4 Å². The SMILES string of the molecule is CNCc1sccc1S(=O)(=O)NCCSC(F)(F)F. The van der Waals surface area contributed by atoms with Gasteiger partial charge in [-0.3, -0.25) is 0 Å². The van der Waals surface area contributed by atoms with Gasteiger partial charge in [0.1, 0.15) is 0 Å². The molecule has 1 aromatic heterocycles. The van der Waals surface area contributed by atoms with Gasteiger partial charge in [0.15, 0.2) is 0 Å². The molecule has 0 spiro atoms. The number of hydrogen-bond donors (Lipinski definition) is 2. The van der Waals surface area contributed by atoms with Gasteiger partial charge in [-0.25, -0.2) is 13.1 Å². The Bertz CT molecular complexity index is 499. The number of alkyl halides is 3. The molecule has 1 rings (SSSR count). The molecule has 0 saturated carbocycles. The Labute approximate surface area is 117 Å². The van der Waals surface area contributed by atoms with E-state index in [0.29, 0.717) is 11.4 Å². The van der Waals surface area contributed by atoms with Crippen molar-refractivity contribution in [3.63, 3.8) is 0 Å². The predicted molar refractivity (Wildman–Crippen MR) is 70.8 cm³/mol. The van der Waals surface area contributed by atoms with E-state index in [2.05, 4.69) is 10.0 Å². The van der Waals surface area contributed by atoms with Crippen LogP contribution in [-0.2, 0) is 16.6 Å². The van der Waals surface area contributed by atoms with E-state index in [1.807, 2.05) is 0 Å². The van der Waals surface area contributed by atoms with Crippen molar-refractivity contribution in [3.8, 4) is 0 Å². The van der Waals surface area contributed by atoms with E-state index < -0.39 is 15.5 Å². The zero-order chi connectivity index (χ0) is 14.5. The summed E-state index contributed by atoms with van der Waals surface area (Å²) in [6.07, 6.45) is 0. The van der Waals surface area contributed by atoms with Gasteiger partial charge >= 0.3 is 5.51 Å². The lowest BCUT2D eigenvalue weighted by atomic mass is 10.5. The van der Waals surface area contributed by atoms with E-state index in [9.17, 15) is 21.6 Å². The van der Waals surface area contributed by atoms with Crippen LogP contribution in [-0.4, -0.2) is 33.3 Å². The number of rotatable bonds is 7. The lowest BCUT2D eigenvalue weighted by Gasteiger charge is -2.08. The summed E-state index contributed by atoms with van der Waals surface area (Å²) in [7, 11) is -2.06. The van der Waals surface area contributed by atoms with Gasteiger partial charge < -0.3 is 5.32 Å². The van der Waals surface area contributed by atoms with Gasteiger partial charge in [-0.15, -0.1) is 11.3 Å². The molecule has 4 nitrogen and oxygen atoms in total. The molecular formula is C9H13F3N2O2S3. The highest BCUT2D eigenvalue weighted by atomic mass is 32.2. The third-order valence-corrected chi connectivity index (χ3v) is 5.32. The predicted octanol–water partition coefficient (Wildman–Crippen LogP) is 2.00. The first kappa shape index (κ1) is 16.8.